The van der Waals surface area contributed by atoms with Gasteiger partial charge in [0, 0.05) is 18.5 Å². The van der Waals surface area contributed by atoms with Crippen LogP contribution >= 0.6 is 0 Å². The summed E-state index contributed by atoms with van der Waals surface area (Å²) in [6.45, 7) is 9.15. The fourth-order valence-electron chi connectivity index (χ4n) is 4.75. The van der Waals surface area contributed by atoms with Crippen LogP contribution in [0.3, 0.4) is 0 Å². The molecule has 1 amide bonds. The number of aliphatic hydroxyl groups is 1. The molecule has 0 bridgehead atoms. The Balaban J connectivity index is 1.98. The molecule has 4 N–H and O–H groups in total. The van der Waals surface area contributed by atoms with Crippen molar-refractivity contribution < 1.29 is 9.90 Å². The summed E-state index contributed by atoms with van der Waals surface area (Å²) < 4.78 is 0. The highest BCUT2D eigenvalue weighted by Crippen LogP contribution is 2.38. The highest BCUT2D eigenvalue weighted by molar-refractivity contribution is 5.85. The SMILES string of the molecule is CCCCNC(=O)[C@H](C)C[C@H](O)[C@@H](N)CC(CC)(CC)CCc1cccc2ccccc12. The van der Waals surface area contributed by atoms with Crippen molar-refractivity contribution in [2.24, 2.45) is 17.1 Å². The lowest BCUT2D eigenvalue weighted by Gasteiger charge is -2.36. The highest BCUT2D eigenvalue weighted by atomic mass is 16.3. The molecule has 0 aliphatic carbocycles. The first-order valence-corrected chi connectivity index (χ1v) is 12.5. The summed E-state index contributed by atoms with van der Waals surface area (Å²) in [7, 11) is 0. The van der Waals surface area contributed by atoms with Crippen molar-refractivity contribution in [3.8, 4) is 0 Å². The Morgan fingerprint density at radius 1 is 1.09 bits per heavy atom. The van der Waals surface area contributed by atoms with Crippen molar-refractivity contribution in [3.63, 3.8) is 0 Å². The number of aryl methyl sites for hydroxylation is 1. The van der Waals surface area contributed by atoms with Crippen LogP contribution in [0.4, 0.5) is 0 Å². The average Bonchev–Trinajstić information content (AvgIpc) is 2.81. The Hall–Kier alpha value is -1.91. The standard InChI is InChI=1S/C28H44N2O2/c1-5-8-18-30-27(32)21(4)19-26(31)25(29)20-28(6-2,7-3)17-16-23-14-11-13-22-12-9-10-15-24(22)23/h9-15,21,25-26,31H,5-8,16-20,29H2,1-4H3,(H,30,32)/t21-,25+,26+/m1/s1. The fraction of sp³-hybridized carbons (Fsp3) is 0.607. The molecule has 0 heterocycles. The van der Waals surface area contributed by atoms with E-state index < -0.39 is 6.10 Å². The molecular formula is C28H44N2O2. The quantitative estimate of drug-likeness (QED) is 0.335. The number of amides is 1. The lowest BCUT2D eigenvalue weighted by molar-refractivity contribution is -0.125. The molecule has 0 saturated carbocycles. The van der Waals surface area contributed by atoms with Gasteiger partial charge in [-0.05, 0) is 53.9 Å². The first kappa shape index (κ1) is 26.3. The van der Waals surface area contributed by atoms with E-state index in [-0.39, 0.29) is 23.3 Å². The third-order valence-corrected chi connectivity index (χ3v) is 7.34. The third kappa shape index (κ3) is 7.31. The van der Waals surface area contributed by atoms with Crippen LogP contribution in [-0.4, -0.2) is 29.7 Å². The number of rotatable bonds is 14. The van der Waals surface area contributed by atoms with Crippen LogP contribution in [-0.2, 0) is 11.2 Å². The van der Waals surface area contributed by atoms with E-state index in [0.717, 1.165) is 44.9 Å². The van der Waals surface area contributed by atoms with Crippen molar-refractivity contribution in [1.29, 1.82) is 0 Å². The largest absolute Gasteiger partial charge is 0.391 e. The molecule has 2 rings (SSSR count). The minimum Gasteiger partial charge on any atom is -0.391 e. The number of carbonyl (C=O) groups excluding carboxylic acids is 1. The van der Waals surface area contributed by atoms with Gasteiger partial charge in [-0.3, -0.25) is 4.79 Å². The number of hydrogen-bond acceptors (Lipinski definition) is 3. The zero-order chi connectivity index (χ0) is 23.6. The van der Waals surface area contributed by atoms with Gasteiger partial charge in [0.25, 0.3) is 0 Å². The monoisotopic (exact) mass is 440 g/mol. The Morgan fingerprint density at radius 3 is 2.47 bits per heavy atom. The number of carbonyl (C=O) groups is 1. The molecular weight excluding hydrogens is 396 g/mol. The second-order valence-electron chi connectivity index (χ2n) is 9.56. The predicted octanol–water partition coefficient (Wildman–Crippen LogP) is 5.60. The van der Waals surface area contributed by atoms with Gasteiger partial charge in [-0.1, -0.05) is 89.4 Å². The molecule has 0 aromatic heterocycles. The van der Waals surface area contributed by atoms with E-state index in [0.29, 0.717) is 13.0 Å². The van der Waals surface area contributed by atoms with Crippen LogP contribution < -0.4 is 11.1 Å². The predicted molar refractivity (Wildman–Crippen MR) is 136 cm³/mol. The van der Waals surface area contributed by atoms with E-state index in [1.807, 2.05) is 6.92 Å². The number of fused-ring (bicyclic) bond motifs is 1. The molecule has 0 fully saturated rings. The average molecular weight is 441 g/mol. The van der Waals surface area contributed by atoms with Crippen LogP contribution in [0.1, 0.15) is 78.2 Å². The Kier molecular flexibility index (Phi) is 10.7. The summed E-state index contributed by atoms with van der Waals surface area (Å²) >= 11 is 0. The molecule has 0 unspecified atom stereocenters. The summed E-state index contributed by atoms with van der Waals surface area (Å²) in [6.07, 6.45) is 6.65. The van der Waals surface area contributed by atoms with Gasteiger partial charge in [0.2, 0.25) is 5.91 Å². The van der Waals surface area contributed by atoms with Gasteiger partial charge in [0.15, 0.2) is 0 Å². The van der Waals surface area contributed by atoms with E-state index in [2.05, 4.69) is 68.6 Å². The van der Waals surface area contributed by atoms with Crippen molar-refractivity contribution >= 4 is 16.7 Å². The first-order valence-electron chi connectivity index (χ1n) is 12.5. The lowest BCUT2D eigenvalue weighted by Crippen LogP contribution is -2.42. The van der Waals surface area contributed by atoms with Gasteiger partial charge in [-0.2, -0.15) is 0 Å². The van der Waals surface area contributed by atoms with E-state index in [9.17, 15) is 9.90 Å². The van der Waals surface area contributed by atoms with Gasteiger partial charge in [0.05, 0.1) is 6.10 Å². The summed E-state index contributed by atoms with van der Waals surface area (Å²) in [6, 6.07) is 14.8. The maximum absolute atomic E-state index is 12.3. The number of aliphatic hydroxyl groups excluding tert-OH is 1. The maximum atomic E-state index is 12.3. The van der Waals surface area contributed by atoms with E-state index in [1.165, 1.54) is 16.3 Å². The minimum absolute atomic E-state index is 0.0119. The number of benzene rings is 2. The normalized spacial score (nSPS) is 14.8. The maximum Gasteiger partial charge on any atom is 0.222 e. The van der Waals surface area contributed by atoms with E-state index in [4.69, 9.17) is 5.73 Å². The second-order valence-corrected chi connectivity index (χ2v) is 9.56. The zero-order valence-corrected chi connectivity index (χ0v) is 20.6. The molecule has 0 radical (unpaired) electrons. The molecule has 2 aromatic carbocycles. The lowest BCUT2D eigenvalue weighted by atomic mass is 9.71. The van der Waals surface area contributed by atoms with Gasteiger partial charge in [-0.25, -0.2) is 0 Å². The molecule has 32 heavy (non-hydrogen) atoms. The molecule has 0 aliphatic heterocycles. The zero-order valence-electron chi connectivity index (χ0n) is 20.6. The highest BCUT2D eigenvalue weighted by Gasteiger charge is 2.32. The Labute approximate surface area is 195 Å². The van der Waals surface area contributed by atoms with Gasteiger partial charge >= 0.3 is 0 Å². The van der Waals surface area contributed by atoms with Crippen LogP contribution in [0.25, 0.3) is 10.8 Å². The summed E-state index contributed by atoms with van der Waals surface area (Å²) in [5.74, 6) is -0.223. The fourth-order valence-corrected chi connectivity index (χ4v) is 4.75. The Morgan fingerprint density at radius 2 is 1.78 bits per heavy atom. The molecule has 0 aliphatic rings. The molecule has 178 valence electrons. The molecule has 0 saturated heterocycles. The van der Waals surface area contributed by atoms with Crippen LogP contribution in [0, 0.1) is 11.3 Å². The topological polar surface area (TPSA) is 75.3 Å². The number of hydrogen-bond donors (Lipinski definition) is 3. The van der Waals surface area contributed by atoms with Gasteiger partial charge in [0.1, 0.15) is 0 Å². The second kappa shape index (κ2) is 13.0. The summed E-state index contributed by atoms with van der Waals surface area (Å²) in [4.78, 5) is 12.3. The smallest absolute Gasteiger partial charge is 0.222 e. The minimum atomic E-state index is -0.669. The Bertz CT molecular complexity index is 826. The third-order valence-electron chi connectivity index (χ3n) is 7.34. The van der Waals surface area contributed by atoms with E-state index in [1.54, 1.807) is 0 Å². The summed E-state index contributed by atoms with van der Waals surface area (Å²) in [5.41, 5.74) is 7.97. The molecule has 3 atom stereocenters. The van der Waals surface area contributed by atoms with Gasteiger partial charge in [-0.15, -0.1) is 0 Å². The van der Waals surface area contributed by atoms with Crippen LogP contribution in [0.15, 0.2) is 42.5 Å². The van der Waals surface area contributed by atoms with Crippen LogP contribution in [0.2, 0.25) is 0 Å². The van der Waals surface area contributed by atoms with Crippen molar-refractivity contribution in [2.75, 3.05) is 6.54 Å². The molecule has 0 spiro atoms. The van der Waals surface area contributed by atoms with Crippen molar-refractivity contribution in [2.45, 2.75) is 91.2 Å². The van der Waals surface area contributed by atoms with Crippen molar-refractivity contribution in [1.82, 2.24) is 5.32 Å². The molecule has 2 aromatic rings. The number of nitrogens with one attached hydrogen (secondary N) is 1. The first-order chi connectivity index (χ1) is 15.4. The molecule has 4 heteroatoms. The number of nitrogens with two attached hydrogens (primary N) is 1. The number of unbranched alkanes of at least 4 members (excludes halogenated alkanes) is 1. The van der Waals surface area contributed by atoms with Gasteiger partial charge < -0.3 is 16.2 Å². The van der Waals surface area contributed by atoms with E-state index >= 15 is 0 Å². The summed E-state index contributed by atoms with van der Waals surface area (Å²) in [5, 5.41) is 16.3. The molecule has 4 nitrogen and oxygen atoms in total. The van der Waals surface area contributed by atoms with Crippen LogP contribution in [0.5, 0.6) is 0 Å². The van der Waals surface area contributed by atoms with Crippen molar-refractivity contribution in [3.05, 3.63) is 48.0 Å².